The lowest BCUT2D eigenvalue weighted by atomic mass is 9.96. The zero-order chi connectivity index (χ0) is 14.8. The lowest BCUT2D eigenvalue weighted by molar-refractivity contribution is -0.385. The van der Waals surface area contributed by atoms with E-state index < -0.39 is 11.0 Å². The first-order valence-corrected chi connectivity index (χ1v) is 6.43. The van der Waals surface area contributed by atoms with Crippen LogP contribution < -0.4 is 0 Å². The number of hydrogen-bond donors (Lipinski definition) is 1. The molecule has 1 aromatic heterocycles. The van der Waals surface area contributed by atoms with E-state index >= 15 is 0 Å². The van der Waals surface area contributed by atoms with E-state index in [0.29, 0.717) is 16.5 Å². The van der Waals surface area contributed by atoms with Crippen LogP contribution in [0.25, 0.3) is 10.9 Å². The summed E-state index contributed by atoms with van der Waals surface area (Å²) in [6.45, 7) is 0. The molecule has 0 saturated heterocycles. The number of aliphatic hydroxyl groups is 1. The molecule has 0 fully saturated rings. The Balaban J connectivity index is 2.28. The highest BCUT2D eigenvalue weighted by atomic mass is 16.6. The quantitative estimate of drug-likeness (QED) is 0.590. The average Bonchev–Trinajstić information content (AvgIpc) is 2.53. The van der Waals surface area contributed by atoms with Crippen LogP contribution in [0.15, 0.2) is 60.8 Å². The van der Waals surface area contributed by atoms with Crippen molar-refractivity contribution in [3.8, 4) is 0 Å². The van der Waals surface area contributed by atoms with E-state index in [-0.39, 0.29) is 11.3 Å². The fourth-order valence-electron chi connectivity index (χ4n) is 2.41. The van der Waals surface area contributed by atoms with Gasteiger partial charge in [-0.05, 0) is 17.7 Å². The van der Waals surface area contributed by atoms with Crippen LogP contribution in [0.5, 0.6) is 0 Å². The Kier molecular flexibility index (Phi) is 3.33. The second-order valence-corrected chi connectivity index (χ2v) is 4.64. The third-order valence-electron chi connectivity index (χ3n) is 3.39. The Morgan fingerprint density at radius 1 is 1.05 bits per heavy atom. The molecule has 0 bridgehead atoms. The second kappa shape index (κ2) is 5.30. The minimum Gasteiger partial charge on any atom is -0.383 e. The van der Waals surface area contributed by atoms with Crippen LogP contribution in [-0.2, 0) is 0 Å². The van der Waals surface area contributed by atoms with Crippen LogP contribution >= 0.6 is 0 Å². The minimum absolute atomic E-state index is 0.105. The molecule has 0 aliphatic carbocycles. The van der Waals surface area contributed by atoms with Crippen molar-refractivity contribution in [2.24, 2.45) is 0 Å². The van der Waals surface area contributed by atoms with Gasteiger partial charge < -0.3 is 5.11 Å². The molecule has 2 aromatic carbocycles. The Labute approximate surface area is 120 Å². The van der Waals surface area contributed by atoms with Crippen molar-refractivity contribution in [3.63, 3.8) is 0 Å². The van der Waals surface area contributed by atoms with Gasteiger partial charge in [0.05, 0.1) is 16.0 Å². The molecule has 1 heterocycles. The molecule has 0 spiro atoms. The summed E-state index contributed by atoms with van der Waals surface area (Å²) < 4.78 is 0. The van der Waals surface area contributed by atoms with Crippen LogP contribution in [0.2, 0.25) is 0 Å². The molecule has 0 radical (unpaired) electrons. The highest BCUT2D eigenvalue weighted by molar-refractivity contribution is 5.86. The van der Waals surface area contributed by atoms with E-state index in [2.05, 4.69) is 4.98 Å². The number of fused-ring (bicyclic) bond motifs is 1. The van der Waals surface area contributed by atoms with E-state index in [9.17, 15) is 15.2 Å². The van der Waals surface area contributed by atoms with Crippen LogP contribution in [0.4, 0.5) is 5.69 Å². The lowest BCUT2D eigenvalue weighted by Crippen LogP contribution is -2.05. The predicted octanol–water partition coefficient (Wildman–Crippen LogP) is 3.22. The van der Waals surface area contributed by atoms with Crippen LogP contribution in [0.1, 0.15) is 17.2 Å². The molecule has 0 aliphatic rings. The number of hydrogen-bond acceptors (Lipinski definition) is 4. The molecule has 0 aliphatic heterocycles. The predicted molar refractivity (Wildman–Crippen MR) is 78.9 cm³/mol. The summed E-state index contributed by atoms with van der Waals surface area (Å²) in [4.78, 5) is 15.0. The first-order chi connectivity index (χ1) is 10.2. The summed E-state index contributed by atoms with van der Waals surface area (Å²) in [5.74, 6) is 0. The van der Waals surface area contributed by atoms with E-state index in [0.717, 1.165) is 0 Å². The van der Waals surface area contributed by atoms with Gasteiger partial charge in [0.1, 0.15) is 6.10 Å². The van der Waals surface area contributed by atoms with Crippen molar-refractivity contribution in [1.82, 2.24) is 4.98 Å². The maximum atomic E-state index is 11.3. The summed E-state index contributed by atoms with van der Waals surface area (Å²) in [5.41, 5.74) is 1.40. The van der Waals surface area contributed by atoms with Crippen LogP contribution in [0, 0.1) is 10.1 Å². The molecule has 21 heavy (non-hydrogen) atoms. The largest absolute Gasteiger partial charge is 0.383 e. The molecule has 1 atom stereocenters. The number of nitro benzene ring substituents is 1. The smallest absolute Gasteiger partial charge is 0.276 e. The van der Waals surface area contributed by atoms with Crippen molar-refractivity contribution in [3.05, 3.63) is 82.0 Å². The van der Waals surface area contributed by atoms with Gasteiger partial charge in [-0.1, -0.05) is 36.4 Å². The highest BCUT2D eigenvalue weighted by Gasteiger charge is 2.24. The number of nitrogens with zero attached hydrogens (tertiary/aromatic N) is 2. The molecule has 3 rings (SSSR count). The monoisotopic (exact) mass is 280 g/mol. The van der Waals surface area contributed by atoms with Crippen molar-refractivity contribution in [2.45, 2.75) is 6.10 Å². The van der Waals surface area contributed by atoms with Crippen molar-refractivity contribution in [2.75, 3.05) is 0 Å². The van der Waals surface area contributed by atoms with E-state index in [1.807, 2.05) is 6.07 Å². The number of rotatable bonds is 3. The molecule has 1 unspecified atom stereocenters. The fourth-order valence-corrected chi connectivity index (χ4v) is 2.41. The standard InChI is InChI=1S/C16H12N2O3/c19-16(11-5-2-1-3-6-11)15-12-7-4-10-17-13(12)8-9-14(15)18(20)21/h1-10,16,19H. The normalized spacial score (nSPS) is 12.2. The Morgan fingerprint density at radius 2 is 1.81 bits per heavy atom. The Bertz CT molecular complexity index is 803. The maximum absolute atomic E-state index is 11.3. The zero-order valence-corrected chi connectivity index (χ0v) is 11.0. The molecule has 104 valence electrons. The summed E-state index contributed by atoms with van der Waals surface area (Å²) in [6.07, 6.45) is 0.548. The molecule has 0 saturated carbocycles. The van der Waals surface area contributed by atoms with Crippen molar-refractivity contribution < 1.29 is 10.0 Å². The van der Waals surface area contributed by atoms with Crippen LogP contribution in [-0.4, -0.2) is 15.0 Å². The molecule has 3 aromatic rings. The first-order valence-electron chi connectivity index (χ1n) is 6.43. The Morgan fingerprint density at radius 3 is 2.52 bits per heavy atom. The highest BCUT2D eigenvalue weighted by Crippen LogP contribution is 2.35. The maximum Gasteiger partial charge on any atom is 0.276 e. The fraction of sp³-hybridized carbons (Fsp3) is 0.0625. The summed E-state index contributed by atoms with van der Waals surface area (Å²) in [6, 6.07) is 15.3. The number of pyridine rings is 1. The number of aliphatic hydroxyl groups excluding tert-OH is 1. The van der Waals surface area contributed by atoms with Gasteiger partial charge in [0.25, 0.3) is 5.69 Å². The van der Waals surface area contributed by atoms with Gasteiger partial charge in [-0.2, -0.15) is 0 Å². The molecule has 5 heteroatoms. The molecular weight excluding hydrogens is 268 g/mol. The van der Waals surface area contributed by atoms with Gasteiger partial charge in [0.15, 0.2) is 0 Å². The second-order valence-electron chi connectivity index (χ2n) is 4.64. The number of benzene rings is 2. The third kappa shape index (κ3) is 2.34. The van der Waals surface area contributed by atoms with Gasteiger partial charge in [-0.3, -0.25) is 15.1 Å². The lowest BCUT2D eigenvalue weighted by Gasteiger charge is -2.14. The van der Waals surface area contributed by atoms with Gasteiger partial charge in [-0.25, -0.2) is 0 Å². The number of nitro groups is 1. The minimum atomic E-state index is -1.07. The average molecular weight is 280 g/mol. The van der Waals surface area contributed by atoms with Gasteiger partial charge >= 0.3 is 0 Å². The summed E-state index contributed by atoms with van der Waals surface area (Å²) in [5, 5.41) is 22.4. The van der Waals surface area contributed by atoms with E-state index in [1.54, 1.807) is 48.7 Å². The first kappa shape index (κ1) is 13.2. The van der Waals surface area contributed by atoms with E-state index in [4.69, 9.17) is 0 Å². The summed E-state index contributed by atoms with van der Waals surface area (Å²) in [7, 11) is 0. The number of aromatic nitrogens is 1. The zero-order valence-electron chi connectivity index (χ0n) is 11.0. The molecular formula is C16H12N2O3. The molecule has 1 N–H and O–H groups in total. The van der Waals surface area contributed by atoms with Gasteiger partial charge in [0, 0.05) is 17.6 Å². The van der Waals surface area contributed by atoms with Gasteiger partial charge in [-0.15, -0.1) is 0 Å². The summed E-state index contributed by atoms with van der Waals surface area (Å²) >= 11 is 0. The Hall–Kier alpha value is -2.79. The SMILES string of the molecule is O=[N+]([O-])c1ccc2ncccc2c1C(O)c1ccccc1. The van der Waals surface area contributed by atoms with Crippen molar-refractivity contribution >= 4 is 16.6 Å². The molecule has 5 nitrogen and oxygen atoms in total. The van der Waals surface area contributed by atoms with Crippen LogP contribution in [0.3, 0.4) is 0 Å². The molecule has 0 amide bonds. The van der Waals surface area contributed by atoms with E-state index in [1.165, 1.54) is 6.07 Å². The third-order valence-corrected chi connectivity index (χ3v) is 3.39. The van der Waals surface area contributed by atoms with Gasteiger partial charge in [0.2, 0.25) is 0 Å². The van der Waals surface area contributed by atoms with Crippen molar-refractivity contribution in [1.29, 1.82) is 0 Å². The topological polar surface area (TPSA) is 76.3 Å².